The van der Waals surface area contributed by atoms with E-state index in [1.54, 1.807) is 6.07 Å². The summed E-state index contributed by atoms with van der Waals surface area (Å²) in [5.41, 5.74) is 3.79. The Hall–Kier alpha value is -3.56. The van der Waals surface area contributed by atoms with Crippen molar-refractivity contribution in [3.05, 3.63) is 46.8 Å². The minimum atomic E-state index is -0.836. The van der Waals surface area contributed by atoms with E-state index in [0.717, 1.165) is 74.3 Å². The Morgan fingerprint density at radius 3 is 2.72 bits per heavy atom. The van der Waals surface area contributed by atoms with Crippen molar-refractivity contribution in [1.82, 2.24) is 25.1 Å². The number of fused-ring (bicyclic) bond motifs is 1. The lowest BCUT2D eigenvalue weighted by atomic mass is 9.96. The zero-order chi connectivity index (χ0) is 26.6. The van der Waals surface area contributed by atoms with Crippen LogP contribution in [-0.2, 0) is 17.6 Å². The predicted octanol–water partition coefficient (Wildman–Crippen LogP) is 5.50. The fourth-order valence-electron chi connectivity index (χ4n) is 6.61. The van der Waals surface area contributed by atoms with Gasteiger partial charge in [0, 0.05) is 35.7 Å². The average molecular weight is 531 g/mol. The van der Waals surface area contributed by atoms with Crippen LogP contribution in [0.5, 0.6) is 0 Å². The highest BCUT2D eigenvalue weighted by Crippen LogP contribution is 2.41. The first-order valence-electron chi connectivity index (χ1n) is 14.5. The molecule has 7 rings (SSSR count). The standard InChI is InChI=1S/C29H35FN8O/c1-29(27(39)31-21-12-13-23(30)33-25(21)18-6-2-3-7-18)14-5-15-38(29)28-32-20-9-4-8-19(20)26(35-28)34-24-16-22(36-37-24)17-10-11-17/h12-13,16-18H,2-11,14-15H2,1H3,(H,31,39)(H2,32,34,35,36,37). The maximum Gasteiger partial charge on any atom is 0.250 e. The lowest BCUT2D eigenvalue weighted by Gasteiger charge is -2.34. The van der Waals surface area contributed by atoms with Crippen molar-refractivity contribution in [2.45, 2.75) is 94.9 Å². The topological polar surface area (TPSA) is 112 Å². The molecule has 2 saturated carbocycles. The van der Waals surface area contributed by atoms with Gasteiger partial charge in [-0.1, -0.05) is 12.8 Å². The molecule has 9 nitrogen and oxygen atoms in total. The molecule has 0 aromatic carbocycles. The molecule has 1 saturated heterocycles. The van der Waals surface area contributed by atoms with Crippen molar-refractivity contribution >= 4 is 29.2 Å². The molecule has 4 aliphatic rings. The normalized spacial score (nSPS) is 22.9. The van der Waals surface area contributed by atoms with Gasteiger partial charge in [0.05, 0.1) is 17.1 Å². The van der Waals surface area contributed by atoms with Gasteiger partial charge in [0.1, 0.15) is 11.4 Å². The number of rotatable bonds is 7. The van der Waals surface area contributed by atoms with E-state index < -0.39 is 11.5 Å². The number of aromatic nitrogens is 5. The SMILES string of the molecule is CC1(C(=O)Nc2ccc(F)nc2C2CCCC2)CCCN1c1nc2c(c(Nc3cc(C4CC4)[nH]n3)n1)CCC2. The first kappa shape index (κ1) is 24.5. The predicted molar refractivity (Wildman–Crippen MR) is 147 cm³/mol. The van der Waals surface area contributed by atoms with E-state index in [0.29, 0.717) is 36.2 Å². The van der Waals surface area contributed by atoms with E-state index in [2.05, 4.69) is 31.9 Å². The fraction of sp³-hybridized carbons (Fsp3) is 0.552. The van der Waals surface area contributed by atoms with Crippen LogP contribution in [0.25, 0.3) is 0 Å². The van der Waals surface area contributed by atoms with E-state index >= 15 is 0 Å². The third-order valence-electron chi connectivity index (χ3n) is 9.04. The van der Waals surface area contributed by atoms with Gasteiger partial charge >= 0.3 is 0 Å². The van der Waals surface area contributed by atoms with Gasteiger partial charge in [0.25, 0.3) is 0 Å². The first-order chi connectivity index (χ1) is 19.0. The zero-order valence-electron chi connectivity index (χ0n) is 22.4. The molecule has 3 aromatic rings. The fourth-order valence-corrected chi connectivity index (χ4v) is 6.61. The molecule has 39 heavy (non-hydrogen) atoms. The van der Waals surface area contributed by atoms with Crippen molar-refractivity contribution in [2.24, 2.45) is 0 Å². The molecule has 1 atom stereocenters. The highest BCUT2D eigenvalue weighted by atomic mass is 19.1. The van der Waals surface area contributed by atoms with Crippen LogP contribution in [-0.4, -0.2) is 43.1 Å². The van der Waals surface area contributed by atoms with Crippen molar-refractivity contribution in [2.75, 3.05) is 22.1 Å². The quantitative estimate of drug-likeness (QED) is 0.346. The molecule has 1 unspecified atom stereocenters. The van der Waals surface area contributed by atoms with E-state index in [9.17, 15) is 9.18 Å². The number of anilines is 4. The van der Waals surface area contributed by atoms with E-state index in [4.69, 9.17) is 9.97 Å². The summed E-state index contributed by atoms with van der Waals surface area (Å²) in [6.45, 7) is 2.65. The van der Waals surface area contributed by atoms with Crippen molar-refractivity contribution in [3.63, 3.8) is 0 Å². The second kappa shape index (κ2) is 9.57. The number of nitrogens with zero attached hydrogens (tertiary/aromatic N) is 5. The Morgan fingerprint density at radius 2 is 1.90 bits per heavy atom. The van der Waals surface area contributed by atoms with Crippen LogP contribution in [0.3, 0.4) is 0 Å². The maximum absolute atomic E-state index is 14.1. The van der Waals surface area contributed by atoms with Gasteiger partial charge in [-0.2, -0.15) is 14.5 Å². The number of aryl methyl sites for hydroxylation is 1. The number of pyridine rings is 1. The minimum Gasteiger partial charge on any atom is -0.326 e. The third kappa shape index (κ3) is 4.53. The summed E-state index contributed by atoms with van der Waals surface area (Å²) in [4.78, 5) is 30.1. The maximum atomic E-state index is 14.1. The van der Waals surface area contributed by atoms with Gasteiger partial charge in [-0.15, -0.1) is 0 Å². The van der Waals surface area contributed by atoms with E-state index in [1.165, 1.54) is 24.6 Å². The number of halogens is 1. The van der Waals surface area contributed by atoms with Crippen molar-refractivity contribution in [3.8, 4) is 0 Å². The number of H-pyrrole nitrogens is 1. The van der Waals surface area contributed by atoms with Gasteiger partial charge in [-0.25, -0.2) is 9.97 Å². The summed E-state index contributed by atoms with van der Waals surface area (Å²) in [6.07, 6.45) is 11.0. The Labute approximate surface area is 227 Å². The molecule has 3 N–H and O–H groups in total. The molecule has 10 heteroatoms. The van der Waals surface area contributed by atoms with Crippen LogP contribution in [0.4, 0.5) is 27.7 Å². The molecule has 3 fully saturated rings. The average Bonchev–Trinajstić information content (AvgIpc) is 3.38. The highest BCUT2D eigenvalue weighted by molar-refractivity contribution is 6.00. The molecule has 0 radical (unpaired) electrons. The van der Waals surface area contributed by atoms with Gasteiger partial charge < -0.3 is 15.5 Å². The Kier molecular flexibility index (Phi) is 6.01. The smallest absolute Gasteiger partial charge is 0.250 e. The number of hydrogen-bond acceptors (Lipinski definition) is 7. The molecule has 0 spiro atoms. The van der Waals surface area contributed by atoms with Crippen LogP contribution in [0.2, 0.25) is 0 Å². The zero-order valence-corrected chi connectivity index (χ0v) is 22.4. The van der Waals surface area contributed by atoms with E-state index in [-0.39, 0.29) is 11.8 Å². The molecule has 0 bridgehead atoms. The molecular weight excluding hydrogens is 495 g/mol. The van der Waals surface area contributed by atoms with Crippen LogP contribution in [0.15, 0.2) is 18.2 Å². The molecule has 3 aliphatic carbocycles. The second-order valence-electron chi connectivity index (χ2n) is 11.8. The summed E-state index contributed by atoms with van der Waals surface area (Å²) in [7, 11) is 0. The third-order valence-corrected chi connectivity index (χ3v) is 9.04. The number of aromatic amines is 1. The molecule has 204 valence electrons. The lowest BCUT2D eigenvalue weighted by Crippen LogP contribution is -2.52. The monoisotopic (exact) mass is 530 g/mol. The first-order valence-corrected chi connectivity index (χ1v) is 14.5. The summed E-state index contributed by atoms with van der Waals surface area (Å²) in [6, 6.07) is 5.06. The second-order valence-corrected chi connectivity index (χ2v) is 11.8. The lowest BCUT2D eigenvalue weighted by molar-refractivity contribution is -0.120. The van der Waals surface area contributed by atoms with E-state index in [1.807, 2.05) is 11.8 Å². The number of amides is 1. The molecule has 1 amide bonds. The Bertz CT molecular complexity index is 1410. The number of nitrogens with one attached hydrogen (secondary N) is 3. The number of hydrogen-bond donors (Lipinski definition) is 3. The summed E-state index contributed by atoms with van der Waals surface area (Å²) in [5.74, 6) is 2.25. The van der Waals surface area contributed by atoms with Crippen LogP contribution >= 0.6 is 0 Å². The van der Waals surface area contributed by atoms with Gasteiger partial charge in [-0.3, -0.25) is 9.89 Å². The molecule has 1 aliphatic heterocycles. The number of carbonyl (C=O) groups is 1. The summed E-state index contributed by atoms with van der Waals surface area (Å²) in [5, 5.41) is 14.2. The highest BCUT2D eigenvalue weighted by Gasteiger charge is 2.45. The summed E-state index contributed by atoms with van der Waals surface area (Å²) >= 11 is 0. The van der Waals surface area contributed by atoms with Crippen LogP contribution in [0, 0.1) is 5.95 Å². The van der Waals surface area contributed by atoms with Gasteiger partial charge in [0.2, 0.25) is 17.8 Å². The van der Waals surface area contributed by atoms with Crippen LogP contribution < -0.4 is 15.5 Å². The molecule has 4 heterocycles. The molecular formula is C29H35FN8O. The largest absolute Gasteiger partial charge is 0.326 e. The molecule has 3 aromatic heterocycles. The summed E-state index contributed by atoms with van der Waals surface area (Å²) < 4.78 is 14.1. The number of carbonyl (C=O) groups excluding carboxylic acids is 1. The van der Waals surface area contributed by atoms with Gasteiger partial charge in [-0.05, 0) is 76.8 Å². The van der Waals surface area contributed by atoms with Crippen LogP contribution in [0.1, 0.15) is 99.2 Å². The minimum absolute atomic E-state index is 0.132. The van der Waals surface area contributed by atoms with Gasteiger partial charge in [0.15, 0.2) is 5.82 Å². The van der Waals surface area contributed by atoms with Crippen molar-refractivity contribution < 1.29 is 9.18 Å². The van der Waals surface area contributed by atoms with Crippen molar-refractivity contribution in [1.29, 1.82) is 0 Å². The Balaban J connectivity index is 1.17. The Morgan fingerprint density at radius 1 is 1.05 bits per heavy atom.